The molecule has 0 spiro atoms. The van der Waals surface area contributed by atoms with E-state index in [9.17, 15) is 0 Å². The quantitative estimate of drug-likeness (QED) is 0.924. The van der Waals surface area contributed by atoms with Crippen molar-refractivity contribution in [3.05, 3.63) is 44.8 Å². The van der Waals surface area contributed by atoms with E-state index >= 15 is 0 Å². The largest absolute Gasteiger partial charge is 0.374 e. The Hall–Kier alpha value is -1.38. The van der Waals surface area contributed by atoms with Crippen molar-refractivity contribution in [3.8, 4) is 6.07 Å². The van der Waals surface area contributed by atoms with Crippen LogP contribution in [-0.4, -0.2) is 4.98 Å². The van der Waals surface area contributed by atoms with Gasteiger partial charge >= 0.3 is 0 Å². The summed E-state index contributed by atoms with van der Waals surface area (Å²) in [5, 5.41) is 15.3. The van der Waals surface area contributed by atoms with Crippen LogP contribution in [-0.2, 0) is 5.54 Å². The van der Waals surface area contributed by atoms with E-state index in [0.717, 1.165) is 15.2 Å². The minimum absolute atomic E-state index is 0.234. The molecule has 2 rings (SSSR count). The predicted molar refractivity (Wildman–Crippen MR) is 77.6 cm³/mol. The Morgan fingerprint density at radius 1 is 1.44 bits per heavy atom. The molecule has 0 saturated heterocycles. The van der Waals surface area contributed by atoms with Gasteiger partial charge in [-0.05, 0) is 48.0 Å². The van der Waals surface area contributed by atoms with Crippen molar-refractivity contribution in [1.82, 2.24) is 4.98 Å². The highest BCUT2D eigenvalue weighted by molar-refractivity contribution is 9.10. The summed E-state index contributed by atoms with van der Waals surface area (Å²) >= 11 is 5.01. The second-order valence-electron chi connectivity index (χ2n) is 4.39. The van der Waals surface area contributed by atoms with E-state index in [1.54, 1.807) is 23.6 Å². The average Bonchev–Trinajstić information content (AvgIpc) is 2.82. The SMILES string of the molecule is CC(C)(Nc1ccc(C#N)c(Br)c1)c1nccs1. The second kappa shape index (κ2) is 5.09. The van der Waals surface area contributed by atoms with Crippen LogP contribution in [0.1, 0.15) is 24.4 Å². The summed E-state index contributed by atoms with van der Waals surface area (Å²) in [6.07, 6.45) is 1.80. The Morgan fingerprint density at radius 2 is 2.22 bits per heavy atom. The van der Waals surface area contributed by atoms with Crippen molar-refractivity contribution in [2.45, 2.75) is 19.4 Å². The molecule has 1 aromatic carbocycles. The number of nitriles is 1. The van der Waals surface area contributed by atoms with Crippen LogP contribution in [0.2, 0.25) is 0 Å². The van der Waals surface area contributed by atoms with Gasteiger partial charge in [0.05, 0.1) is 11.1 Å². The highest BCUT2D eigenvalue weighted by Gasteiger charge is 2.23. The number of halogens is 1. The van der Waals surface area contributed by atoms with Gasteiger partial charge in [-0.3, -0.25) is 0 Å². The van der Waals surface area contributed by atoms with Crippen molar-refractivity contribution in [1.29, 1.82) is 5.26 Å². The summed E-state index contributed by atoms with van der Waals surface area (Å²) in [4.78, 5) is 4.33. The lowest BCUT2D eigenvalue weighted by atomic mass is 10.1. The molecule has 18 heavy (non-hydrogen) atoms. The van der Waals surface area contributed by atoms with E-state index in [2.05, 4.69) is 46.1 Å². The summed E-state index contributed by atoms with van der Waals surface area (Å²) < 4.78 is 0.796. The minimum atomic E-state index is -0.234. The van der Waals surface area contributed by atoms with Gasteiger partial charge in [-0.1, -0.05) is 0 Å². The van der Waals surface area contributed by atoms with Gasteiger partial charge in [-0.15, -0.1) is 11.3 Å². The molecule has 0 radical (unpaired) electrons. The third kappa shape index (κ3) is 2.71. The molecule has 1 aromatic heterocycles. The third-order valence-corrected chi connectivity index (χ3v) is 4.27. The molecule has 0 fully saturated rings. The number of anilines is 1. The van der Waals surface area contributed by atoms with E-state index < -0.39 is 0 Å². The smallest absolute Gasteiger partial charge is 0.117 e. The standard InChI is InChI=1S/C13H12BrN3S/c1-13(2,12-16-5-6-18-12)17-10-4-3-9(8-15)11(14)7-10/h3-7,17H,1-2H3. The zero-order valence-corrected chi connectivity index (χ0v) is 12.5. The number of nitrogens with one attached hydrogen (secondary N) is 1. The van der Waals surface area contributed by atoms with Crippen LogP contribution in [0, 0.1) is 11.3 Å². The number of hydrogen-bond acceptors (Lipinski definition) is 4. The molecule has 0 aliphatic heterocycles. The predicted octanol–water partition coefficient (Wildman–Crippen LogP) is 4.12. The first-order chi connectivity index (χ1) is 8.53. The third-order valence-electron chi connectivity index (χ3n) is 2.51. The van der Waals surface area contributed by atoms with Crippen LogP contribution in [0.4, 0.5) is 5.69 Å². The van der Waals surface area contributed by atoms with Crippen molar-refractivity contribution < 1.29 is 0 Å². The number of benzene rings is 1. The fourth-order valence-corrected chi connectivity index (χ4v) is 2.82. The minimum Gasteiger partial charge on any atom is -0.374 e. The fourth-order valence-electron chi connectivity index (χ4n) is 1.63. The molecular formula is C13H12BrN3S. The molecule has 3 nitrogen and oxygen atoms in total. The van der Waals surface area contributed by atoms with Crippen molar-refractivity contribution in [2.24, 2.45) is 0 Å². The van der Waals surface area contributed by atoms with E-state index in [-0.39, 0.29) is 5.54 Å². The fraction of sp³-hybridized carbons (Fsp3) is 0.231. The van der Waals surface area contributed by atoms with Crippen LogP contribution in [0.3, 0.4) is 0 Å². The van der Waals surface area contributed by atoms with Crippen LogP contribution < -0.4 is 5.32 Å². The maximum Gasteiger partial charge on any atom is 0.117 e. The van der Waals surface area contributed by atoms with Gasteiger partial charge in [0.2, 0.25) is 0 Å². The molecule has 0 saturated carbocycles. The Balaban J connectivity index is 2.25. The lowest BCUT2D eigenvalue weighted by Gasteiger charge is -2.25. The molecule has 0 aliphatic rings. The van der Waals surface area contributed by atoms with Gasteiger partial charge in [0.1, 0.15) is 11.1 Å². The zero-order chi connectivity index (χ0) is 13.2. The van der Waals surface area contributed by atoms with Crippen molar-refractivity contribution in [2.75, 3.05) is 5.32 Å². The lowest BCUT2D eigenvalue weighted by molar-refractivity contribution is 0.604. The summed E-state index contributed by atoms with van der Waals surface area (Å²) in [5.74, 6) is 0. The Bertz CT molecular complexity index is 585. The number of aromatic nitrogens is 1. The molecule has 0 aliphatic carbocycles. The molecule has 2 aromatic rings. The molecular weight excluding hydrogens is 310 g/mol. The second-order valence-corrected chi connectivity index (χ2v) is 6.14. The normalized spacial score (nSPS) is 11.0. The first-order valence-electron chi connectivity index (χ1n) is 5.41. The van der Waals surface area contributed by atoms with Gasteiger partial charge in [-0.25, -0.2) is 4.98 Å². The maximum absolute atomic E-state index is 8.88. The summed E-state index contributed by atoms with van der Waals surface area (Å²) in [7, 11) is 0. The van der Waals surface area contributed by atoms with Gasteiger partial charge < -0.3 is 5.32 Å². The van der Waals surface area contributed by atoms with Crippen LogP contribution in [0.15, 0.2) is 34.2 Å². The number of hydrogen-bond donors (Lipinski definition) is 1. The van der Waals surface area contributed by atoms with Gasteiger partial charge in [0, 0.05) is 21.7 Å². The first kappa shape index (κ1) is 13.1. The zero-order valence-electron chi connectivity index (χ0n) is 10.1. The van der Waals surface area contributed by atoms with Crippen molar-refractivity contribution in [3.63, 3.8) is 0 Å². The number of thiazole rings is 1. The summed E-state index contributed by atoms with van der Waals surface area (Å²) in [6, 6.07) is 7.74. The van der Waals surface area contributed by atoms with Gasteiger partial charge in [0.25, 0.3) is 0 Å². The Morgan fingerprint density at radius 3 is 2.78 bits per heavy atom. The molecule has 0 unspecified atom stereocenters. The summed E-state index contributed by atoms with van der Waals surface area (Å²) in [6.45, 7) is 4.16. The monoisotopic (exact) mass is 321 g/mol. The van der Waals surface area contributed by atoms with Gasteiger partial charge in [0.15, 0.2) is 0 Å². The van der Waals surface area contributed by atoms with Crippen LogP contribution >= 0.6 is 27.3 Å². The number of rotatable bonds is 3. The summed E-state index contributed by atoms with van der Waals surface area (Å²) in [5.41, 5.74) is 1.36. The maximum atomic E-state index is 8.88. The molecule has 0 atom stereocenters. The van der Waals surface area contributed by atoms with E-state index in [4.69, 9.17) is 5.26 Å². The molecule has 0 amide bonds. The molecule has 92 valence electrons. The van der Waals surface area contributed by atoms with Crippen LogP contribution in [0.25, 0.3) is 0 Å². The molecule has 0 bridgehead atoms. The topological polar surface area (TPSA) is 48.7 Å². The Kier molecular flexibility index (Phi) is 3.69. The molecule has 1 heterocycles. The molecule has 5 heteroatoms. The number of nitrogens with zero attached hydrogens (tertiary/aromatic N) is 2. The highest BCUT2D eigenvalue weighted by atomic mass is 79.9. The highest BCUT2D eigenvalue weighted by Crippen LogP contribution is 2.29. The van der Waals surface area contributed by atoms with Crippen molar-refractivity contribution >= 4 is 33.0 Å². The van der Waals surface area contributed by atoms with Gasteiger partial charge in [-0.2, -0.15) is 5.26 Å². The van der Waals surface area contributed by atoms with E-state index in [0.29, 0.717) is 5.56 Å². The average molecular weight is 322 g/mol. The van der Waals surface area contributed by atoms with Crippen LogP contribution in [0.5, 0.6) is 0 Å². The lowest BCUT2D eigenvalue weighted by Crippen LogP contribution is -2.27. The molecule has 1 N–H and O–H groups in total. The van der Waals surface area contributed by atoms with E-state index in [1.807, 2.05) is 17.5 Å². The van der Waals surface area contributed by atoms with E-state index in [1.165, 1.54) is 0 Å². The first-order valence-corrected chi connectivity index (χ1v) is 7.08. The Labute approximate surface area is 119 Å².